The van der Waals surface area contributed by atoms with E-state index in [9.17, 15) is 14.4 Å². The Balaban J connectivity index is 1.86. The monoisotopic (exact) mass is 384 g/mol. The molecule has 0 saturated heterocycles. The smallest absolute Gasteiger partial charge is 0.322 e. The van der Waals surface area contributed by atoms with E-state index in [1.54, 1.807) is 4.90 Å². The second kappa shape index (κ2) is 8.04. The van der Waals surface area contributed by atoms with Crippen molar-refractivity contribution >= 4 is 17.8 Å². The second-order valence-corrected chi connectivity index (χ2v) is 7.76. The summed E-state index contributed by atoms with van der Waals surface area (Å²) in [4.78, 5) is 41.1. The molecule has 0 fully saturated rings. The Morgan fingerprint density at radius 1 is 1.25 bits per heavy atom. The Labute approximate surface area is 165 Å². The maximum atomic E-state index is 13.1. The topological polar surface area (TPSA) is 81.8 Å². The van der Waals surface area contributed by atoms with Gasteiger partial charge in [0.1, 0.15) is 6.54 Å². The van der Waals surface area contributed by atoms with Crippen LogP contribution < -0.4 is 10.6 Å². The number of amides is 4. The van der Waals surface area contributed by atoms with E-state index >= 15 is 0 Å². The van der Waals surface area contributed by atoms with Crippen molar-refractivity contribution in [2.24, 2.45) is 5.92 Å². The van der Waals surface area contributed by atoms with Crippen LogP contribution in [0.1, 0.15) is 37.9 Å². The molecule has 2 aliphatic rings. The fourth-order valence-corrected chi connectivity index (χ4v) is 3.57. The zero-order valence-corrected chi connectivity index (χ0v) is 16.9. The molecule has 2 heterocycles. The highest BCUT2D eigenvalue weighted by molar-refractivity contribution is 6.03. The van der Waals surface area contributed by atoms with Crippen molar-refractivity contribution in [1.82, 2.24) is 20.4 Å². The van der Waals surface area contributed by atoms with E-state index < -0.39 is 6.04 Å². The predicted molar refractivity (Wildman–Crippen MR) is 106 cm³/mol. The summed E-state index contributed by atoms with van der Waals surface area (Å²) in [5, 5.41) is 5.80. The van der Waals surface area contributed by atoms with E-state index in [1.165, 1.54) is 4.90 Å². The molecule has 7 nitrogen and oxygen atoms in total. The van der Waals surface area contributed by atoms with E-state index in [0.717, 1.165) is 11.1 Å². The minimum absolute atomic E-state index is 0.00901. The third-order valence-electron chi connectivity index (χ3n) is 5.07. The van der Waals surface area contributed by atoms with Crippen LogP contribution in [0, 0.1) is 12.8 Å². The lowest BCUT2D eigenvalue weighted by atomic mass is 9.95. The lowest BCUT2D eigenvalue weighted by molar-refractivity contribution is -0.132. The average molecular weight is 384 g/mol. The molecular weight excluding hydrogens is 356 g/mol. The Kier molecular flexibility index (Phi) is 5.72. The van der Waals surface area contributed by atoms with Crippen molar-refractivity contribution in [3.05, 3.63) is 46.7 Å². The number of carbonyl (C=O) groups is 3. The van der Waals surface area contributed by atoms with Gasteiger partial charge in [-0.05, 0) is 25.3 Å². The number of carbonyl (C=O) groups excluding carboxylic acids is 3. The van der Waals surface area contributed by atoms with Crippen LogP contribution in [-0.4, -0.2) is 53.8 Å². The van der Waals surface area contributed by atoms with Gasteiger partial charge in [0.15, 0.2) is 0 Å². The van der Waals surface area contributed by atoms with Crippen molar-refractivity contribution in [3.8, 4) is 0 Å². The molecular formula is C21H28N4O3. The van der Waals surface area contributed by atoms with Crippen LogP contribution in [0.5, 0.6) is 0 Å². The SMILES string of the molecule is CCN1C(=O)NC(c2ccc(C)cc2)C2=C1CN(CC(=O)NCC(C)C)C2=O. The Morgan fingerprint density at radius 3 is 2.54 bits per heavy atom. The van der Waals surface area contributed by atoms with Crippen molar-refractivity contribution in [1.29, 1.82) is 0 Å². The van der Waals surface area contributed by atoms with Gasteiger partial charge in [0, 0.05) is 13.1 Å². The molecule has 0 aliphatic carbocycles. The van der Waals surface area contributed by atoms with E-state index in [-0.39, 0.29) is 30.9 Å². The van der Waals surface area contributed by atoms with Gasteiger partial charge in [-0.3, -0.25) is 14.5 Å². The van der Waals surface area contributed by atoms with E-state index in [2.05, 4.69) is 10.6 Å². The van der Waals surface area contributed by atoms with E-state index in [0.29, 0.717) is 30.3 Å². The maximum Gasteiger partial charge on any atom is 0.322 e. The standard InChI is InChI=1S/C21H28N4O3/c1-5-25-16-11-24(12-17(26)22-10-13(2)3)20(27)18(16)19(23-21(25)28)15-8-6-14(4)7-9-15/h6-9,13,19H,5,10-12H2,1-4H3,(H,22,26)(H,23,28). The van der Waals surface area contributed by atoms with Crippen LogP contribution in [0.15, 0.2) is 35.5 Å². The van der Waals surface area contributed by atoms with Crippen LogP contribution >= 0.6 is 0 Å². The van der Waals surface area contributed by atoms with Crippen LogP contribution in [0.25, 0.3) is 0 Å². The summed E-state index contributed by atoms with van der Waals surface area (Å²) in [7, 11) is 0. The third-order valence-corrected chi connectivity index (χ3v) is 5.07. The molecule has 2 N–H and O–H groups in total. The Bertz CT molecular complexity index is 813. The summed E-state index contributed by atoms with van der Waals surface area (Å²) in [6.07, 6.45) is 0. The number of likely N-dealkylation sites (N-methyl/N-ethyl adjacent to an activating group) is 1. The van der Waals surface area contributed by atoms with Gasteiger partial charge in [-0.2, -0.15) is 0 Å². The summed E-state index contributed by atoms with van der Waals surface area (Å²) >= 11 is 0. The normalized spacial score (nSPS) is 19.2. The first kappa shape index (κ1) is 19.9. The number of nitrogens with one attached hydrogen (secondary N) is 2. The molecule has 1 atom stereocenters. The number of rotatable bonds is 6. The molecule has 0 radical (unpaired) electrons. The molecule has 0 aromatic heterocycles. The highest BCUT2D eigenvalue weighted by atomic mass is 16.2. The van der Waals surface area contributed by atoms with Gasteiger partial charge in [0.25, 0.3) is 5.91 Å². The number of benzene rings is 1. The largest absolute Gasteiger partial charge is 0.354 e. The zero-order chi connectivity index (χ0) is 20.4. The van der Waals surface area contributed by atoms with Gasteiger partial charge < -0.3 is 15.5 Å². The molecule has 4 amide bonds. The van der Waals surface area contributed by atoms with Crippen LogP contribution in [0.4, 0.5) is 4.79 Å². The van der Waals surface area contributed by atoms with E-state index in [4.69, 9.17) is 0 Å². The zero-order valence-electron chi connectivity index (χ0n) is 16.9. The first-order valence-corrected chi connectivity index (χ1v) is 9.75. The molecule has 1 unspecified atom stereocenters. The van der Waals surface area contributed by atoms with Crippen LogP contribution in [0.2, 0.25) is 0 Å². The Hall–Kier alpha value is -2.83. The minimum Gasteiger partial charge on any atom is -0.354 e. The number of aryl methyl sites for hydroxylation is 1. The molecule has 0 bridgehead atoms. The molecule has 0 spiro atoms. The summed E-state index contributed by atoms with van der Waals surface area (Å²) in [6, 6.07) is 7.07. The van der Waals surface area contributed by atoms with E-state index in [1.807, 2.05) is 52.0 Å². The third kappa shape index (κ3) is 3.88. The molecule has 28 heavy (non-hydrogen) atoms. The molecule has 3 rings (SSSR count). The second-order valence-electron chi connectivity index (χ2n) is 7.76. The fourth-order valence-electron chi connectivity index (χ4n) is 3.57. The van der Waals surface area contributed by atoms with Crippen LogP contribution in [-0.2, 0) is 9.59 Å². The van der Waals surface area contributed by atoms with Crippen molar-refractivity contribution in [3.63, 3.8) is 0 Å². The first-order valence-electron chi connectivity index (χ1n) is 9.75. The first-order chi connectivity index (χ1) is 13.3. The number of hydrogen-bond acceptors (Lipinski definition) is 3. The quantitative estimate of drug-likeness (QED) is 0.787. The minimum atomic E-state index is -0.498. The van der Waals surface area contributed by atoms with Crippen molar-refractivity contribution in [2.45, 2.75) is 33.7 Å². The lowest BCUT2D eigenvalue weighted by Crippen LogP contribution is -2.47. The molecule has 1 aromatic rings. The van der Waals surface area contributed by atoms with Gasteiger partial charge >= 0.3 is 6.03 Å². The molecule has 2 aliphatic heterocycles. The highest BCUT2D eigenvalue weighted by Gasteiger charge is 2.43. The molecule has 150 valence electrons. The predicted octanol–water partition coefficient (Wildman–Crippen LogP) is 1.95. The summed E-state index contributed by atoms with van der Waals surface area (Å²) in [5.41, 5.74) is 3.22. The summed E-state index contributed by atoms with van der Waals surface area (Å²) in [6.45, 7) is 9.20. The van der Waals surface area contributed by atoms with Crippen LogP contribution in [0.3, 0.4) is 0 Å². The van der Waals surface area contributed by atoms with Crippen molar-refractivity contribution < 1.29 is 14.4 Å². The van der Waals surface area contributed by atoms with Gasteiger partial charge in [-0.1, -0.05) is 43.7 Å². The number of hydrogen-bond donors (Lipinski definition) is 2. The highest BCUT2D eigenvalue weighted by Crippen LogP contribution is 2.36. The fraction of sp³-hybridized carbons (Fsp3) is 0.476. The molecule has 7 heteroatoms. The number of urea groups is 1. The van der Waals surface area contributed by atoms with Gasteiger partial charge in [-0.25, -0.2) is 4.79 Å². The maximum absolute atomic E-state index is 13.1. The average Bonchev–Trinajstić information content (AvgIpc) is 2.96. The summed E-state index contributed by atoms with van der Waals surface area (Å²) in [5.74, 6) is -0.0391. The number of nitrogens with zero attached hydrogens (tertiary/aromatic N) is 2. The lowest BCUT2D eigenvalue weighted by Gasteiger charge is -2.32. The summed E-state index contributed by atoms with van der Waals surface area (Å²) < 4.78 is 0. The molecule has 0 saturated carbocycles. The Morgan fingerprint density at radius 2 is 1.93 bits per heavy atom. The van der Waals surface area contributed by atoms with Gasteiger partial charge in [0.2, 0.25) is 5.91 Å². The van der Waals surface area contributed by atoms with Gasteiger partial charge in [-0.15, -0.1) is 0 Å². The van der Waals surface area contributed by atoms with Gasteiger partial charge in [0.05, 0.1) is 23.9 Å². The van der Waals surface area contributed by atoms with Crippen molar-refractivity contribution in [2.75, 3.05) is 26.2 Å². The molecule has 1 aromatic carbocycles.